The Bertz CT molecular complexity index is 1950. The van der Waals surface area contributed by atoms with E-state index in [4.69, 9.17) is 4.74 Å². The quantitative estimate of drug-likeness (QED) is 0.208. The van der Waals surface area contributed by atoms with Crippen molar-refractivity contribution in [2.45, 2.75) is 271 Å². The van der Waals surface area contributed by atoms with E-state index in [1.807, 2.05) is 0 Å². The molecule has 0 aromatic carbocycles. The first-order valence-corrected chi connectivity index (χ1v) is 42.5. The average molecular weight is 1410 g/mol. The van der Waals surface area contributed by atoms with Gasteiger partial charge in [0, 0.05) is 50.5 Å². The zero-order chi connectivity index (χ0) is 74.8. The largest absolute Gasteiger partial charge is 0.370 e. The number of piperazine rings is 4. The molecule has 0 aromatic rings. The zero-order valence-corrected chi connectivity index (χ0v) is 73.0. The van der Waals surface area contributed by atoms with Gasteiger partial charge in [-0.1, -0.05) is 0 Å². The van der Waals surface area contributed by atoms with Crippen molar-refractivity contribution in [1.82, 2.24) is 24.5 Å². The summed E-state index contributed by atoms with van der Waals surface area (Å²) in [6.07, 6.45) is 13.6. The highest BCUT2D eigenvalue weighted by molar-refractivity contribution is 4.88. The van der Waals surface area contributed by atoms with Crippen LogP contribution in [0.2, 0.25) is 0 Å². The molecule has 0 amide bonds. The highest BCUT2D eigenvalue weighted by atomic mass is 16.5. The van der Waals surface area contributed by atoms with Gasteiger partial charge in [-0.3, -0.25) is 14.3 Å². The first kappa shape index (κ1) is 90.7. The minimum Gasteiger partial charge on any atom is -0.370 e. The maximum atomic E-state index is 5.30. The Morgan fingerprint density at radius 3 is 0.929 bits per heavy atom. The molecule has 12 bridgehead atoms. The smallest absolute Gasteiger partial charge is 0.139 e. The first-order chi connectivity index (χ1) is 45.9. The summed E-state index contributed by atoms with van der Waals surface area (Å²) in [6.45, 7) is 89.9. The molecular formula is C83H185N15O+10. The summed E-state index contributed by atoms with van der Waals surface area (Å²) in [5.41, 5.74) is 3.64. The van der Waals surface area contributed by atoms with Crippen LogP contribution in [0.1, 0.15) is 210 Å². The SMILES string of the molecule is CC(C)[N+](C)(C)C.CC(C)[N+]1(C)CCCCC1.CC(C)[N+]1(C)CCN(C)CC1.CC(C)[N+]1(C)CCOCC1.CC(C)[N+]12CC3CC(CC(C3)C1)C2.CC(C)[N+]12CCC(CC1)CC2.CC(C)[N+]12CCN(CC1)CC2.CC(C)[N+]12CN3CN(CN(C3)C1)C2.CC(C)[NH3+].CC[N+](C)(CC)C(C)C. The molecule has 16 heterocycles. The summed E-state index contributed by atoms with van der Waals surface area (Å²) in [5.74, 6) is 4.42. The molecule has 3 N–H and O–H groups in total. The molecule has 17 fully saturated rings. The molecule has 588 valence electrons. The second-order valence-electron chi connectivity index (χ2n) is 40.2. The monoisotopic (exact) mass is 1410 g/mol. The molecule has 99 heavy (non-hydrogen) atoms. The minimum absolute atomic E-state index is 0.583. The van der Waals surface area contributed by atoms with Crippen molar-refractivity contribution in [3.63, 3.8) is 0 Å². The Morgan fingerprint density at radius 1 is 0.374 bits per heavy atom. The summed E-state index contributed by atoms with van der Waals surface area (Å²) in [6, 6.07) is 7.78. The number of rotatable bonds is 11. The molecule has 16 saturated heterocycles. The van der Waals surface area contributed by atoms with Crippen LogP contribution in [0.15, 0.2) is 0 Å². The maximum absolute atomic E-state index is 5.30. The summed E-state index contributed by atoms with van der Waals surface area (Å²) < 4.78 is 16.9. The van der Waals surface area contributed by atoms with E-state index in [9.17, 15) is 0 Å². The number of nitrogens with zero attached hydrogens (tertiary/aromatic N) is 14. The van der Waals surface area contributed by atoms with E-state index in [1.165, 1.54) is 258 Å². The number of likely N-dealkylation sites (tertiary alicyclic amines) is 1. The highest BCUT2D eigenvalue weighted by Gasteiger charge is 2.53. The number of hydrogen-bond acceptors (Lipinski definition) is 6. The predicted molar refractivity (Wildman–Crippen MR) is 427 cm³/mol. The topological polar surface area (TPSA) is 53.1 Å². The third kappa shape index (κ3) is 26.9. The lowest BCUT2D eigenvalue weighted by Gasteiger charge is -2.62. The van der Waals surface area contributed by atoms with Crippen molar-refractivity contribution in [1.29, 1.82) is 0 Å². The van der Waals surface area contributed by atoms with Crippen LogP contribution < -0.4 is 5.73 Å². The predicted octanol–water partition coefficient (Wildman–Crippen LogP) is 11.0. The van der Waals surface area contributed by atoms with Crippen LogP contribution >= 0.6 is 0 Å². The number of piperidine rings is 7. The summed E-state index contributed by atoms with van der Waals surface area (Å²) in [5, 5.41) is 0. The Morgan fingerprint density at radius 2 is 0.687 bits per heavy atom. The van der Waals surface area contributed by atoms with Crippen LogP contribution in [-0.2, 0) is 4.74 Å². The molecule has 0 unspecified atom stereocenters. The Labute approximate surface area is 620 Å². The van der Waals surface area contributed by atoms with Crippen molar-refractivity contribution < 1.29 is 50.8 Å². The van der Waals surface area contributed by atoms with Gasteiger partial charge < -0.3 is 46.3 Å². The third-order valence-electron chi connectivity index (χ3n) is 29.7. The van der Waals surface area contributed by atoms with Gasteiger partial charge in [0.15, 0.2) is 0 Å². The fourth-order valence-electron chi connectivity index (χ4n) is 18.5. The van der Waals surface area contributed by atoms with E-state index < -0.39 is 0 Å². The summed E-state index contributed by atoms with van der Waals surface area (Å²) >= 11 is 0. The number of fused-ring (bicyclic) bond motifs is 6. The lowest BCUT2D eigenvalue weighted by Crippen LogP contribution is -2.80. The van der Waals surface area contributed by atoms with E-state index in [-0.39, 0.29) is 0 Å². The van der Waals surface area contributed by atoms with E-state index in [0.29, 0.717) is 6.04 Å². The molecular weight excluding hydrogens is 1220 g/mol. The number of quaternary nitrogens is 10. The third-order valence-corrected chi connectivity index (χ3v) is 29.7. The van der Waals surface area contributed by atoms with Crippen molar-refractivity contribution in [3.8, 4) is 0 Å². The second kappa shape index (κ2) is 40.0. The Hall–Kier alpha value is -0.640. The van der Waals surface area contributed by atoms with E-state index in [1.54, 1.807) is 19.3 Å². The van der Waals surface area contributed by atoms with Crippen LogP contribution in [0.3, 0.4) is 0 Å². The number of likely N-dealkylation sites (N-methyl/N-ethyl adjacent to an activating group) is 3. The molecule has 0 spiro atoms. The Balaban J connectivity index is 0.000000236. The van der Waals surface area contributed by atoms with Crippen LogP contribution in [0.5, 0.6) is 0 Å². The highest BCUT2D eigenvalue weighted by Crippen LogP contribution is 2.48. The van der Waals surface area contributed by atoms with Crippen molar-refractivity contribution >= 4 is 0 Å². The zero-order valence-electron chi connectivity index (χ0n) is 73.0. The summed E-state index contributed by atoms with van der Waals surface area (Å²) in [4.78, 5) is 12.7. The first-order valence-electron chi connectivity index (χ1n) is 42.5. The van der Waals surface area contributed by atoms with Gasteiger partial charge in [0.05, 0.1) is 241 Å². The lowest BCUT2D eigenvalue weighted by atomic mass is 9.66. The normalized spacial score (nSPS) is 34.0. The number of hydrogen-bond donors (Lipinski definition) is 1. The van der Waals surface area contributed by atoms with Crippen LogP contribution in [0.25, 0.3) is 0 Å². The second-order valence-corrected chi connectivity index (χ2v) is 40.2. The molecule has 17 aliphatic rings. The van der Waals surface area contributed by atoms with Crippen molar-refractivity contribution in [2.75, 3.05) is 254 Å². The van der Waals surface area contributed by atoms with Gasteiger partial charge in [0.25, 0.3) is 0 Å². The van der Waals surface area contributed by atoms with Crippen LogP contribution in [0, 0.1) is 23.7 Å². The fourth-order valence-corrected chi connectivity index (χ4v) is 18.5. The van der Waals surface area contributed by atoms with Gasteiger partial charge in [0.1, 0.15) is 33.1 Å². The molecule has 0 radical (unpaired) electrons. The van der Waals surface area contributed by atoms with E-state index in [2.05, 4.69) is 239 Å². The van der Waals surface area contributed by atoms with Crippen molar-refractivity contribution in [2.24, 2.45) is 23.7 Å². The van der Waals surface area contributed by atoms with Gasteiger partial charge in [-0.05, 0) is 223 Å². The number of ether oxygens (including phenoxy) is 1. The van der Waals surface area contributed by atoms with E-state index in [0.717, 1.165) is 95.7 Å². The molecule has 16 nitrogen and oxygen atoms in total. The van der Waals surface area contributed by atoms with Crippen LogP contribution in [0.4, 0.5) is 0 Å². The van der Waals surface area contributed by atoms with Gasteiger partial charge in [0.2, 0.25) is 0 Å². The molecule has 17 rings (SSSR count). The maximum Gasteiger partial charge on any atom is 0.139 e. The number of morpholine rings is 1. The Kier molecular flexibility index (Phi) is 36.7. The molecule has 1 aliphatic carbocycles. The molecule has 0 aromatic heterocycles. The van der Waals surface area contributed by atoms with Gasteiger partial charge in [-0.2, -0.15) is 0 Å². The minimum atomic E-state index is 0.583. The van der Waals surface area contributed by atoms with Gasteiger partial charge in [-0.25, -0.2) is 14.7 Å². The molecule has 16 aliphatic heterocycles. The lowest BCUT2D eigenvalue weighted by molar-refractivity contribution is -0.997. The van der Waals surface area contributed by atoms with Gasteiger partial charge >= 0.3 is 0 Å². The summed E-state index contributed by atoms with van der Waals surface area (Å²) in [7, 11) is 18.2. The fraction of sp³-hybridized carbons (Fsp3) is 1.00. The molecule has 0 atom stereocenters. The standard InChI is InChI=1S/C12H22N.C10H20N.C9H19N4.C9H19N2.C9H21N2.C9H20N.C8H18NO.C8H20N.C6H16N.C3H9N/c1-9(2)13-6-10-3-11(7-13)5-12(4-10)8-13;1-9(2)11-6-3-10(4-7-11)5-8-11;1-9(2)13-6-10-3-11(7-13)5-12(4-10)8-13;1-9(2)11-6-3-10(4-7-11)5-8-11;1-9(2)11(4)7-5-10(3)6-8-11;1-9(2)10(3)7-5-4-6-8-10;1-8(2)9(3)4-6-10-7-5-9;1-6-9(5,7-2)8(3)4;1-6(2)7(3,4)5;1-3(2)4/h9-12H,3-8H2,1-2H3;9-10H,3-8H2,1-2H3;9H,3-8H2,1-2H3;9H,3-8H2,1-2H3;9H,5-8H2,1-4H3;9H,4-8H2,1-3H3;8H,4-7H2,1-3H3;8H,6-7H2,1-5H3;6H,1-5H3;3H,4H2,1-2H3/q9*+1;/p+1. The van der Waals surface area contributed by atoms with E-state index >= 15 is 0 Å². The van der Waals surface area contributed by atoms with Crippen molar-refractivity contribution in [3.05, 3.63) is 0 Å². The van der Waals surface area contributed by atoms with Crippen LogP contribution in [-0.4, -0.2) is 379 Å². The van der Waals surface area contributed by atoms with Gasteiger partial charge in [-0.15, -0.1) is 0 Å². The molecule has 1 saturated carbocycles. The average Bonchev–Trinajstić information content (AvgIpc) is 0.749. The molecule has 16 heteroatoms.